The van der Waals surface area contributed by atoms with Gasteiger partial charge in [0.05, 0.1) is 6.67 Å². The normalized spacial score (nSPS) is 25.5. The number of unbranched alkanes of at least 4 members (excludes halogenated alkanes) is 3. The molecule has 0 aromatic heterocycles. The summed E-state index contributed by atoms with van der Waals surface area (Å²) < 4.78 is 47.2. The highest BCUT2D eigenvalue weighted by Gasteiger charge is 2.30. The van der Waals surface area contributed by atoms with Gasteiger partial charge < -0.3 is 9.47 Å². The van der Waals surface area contributed by atoms with Gasteiger partial charge in [-0.05, 0) is 112 Å². The largest absolute Gasteiger partial charge is 0.463 e. The van der Waals surface area contributed by atoms with Crippen molar-refractivity contribution in [2.45, 2.75) is 89.9 Å². The molecule has 0 bridgehead atoms. The molecule has 192 valence electrons. The van der Waals surface area contributed by atoms with Gasteiger partial charge in [-0.1, -0.05) is 31.4 Å². The van der Waals surface area contributed by atoms with Crippen LogP contribution in [0.3, 0.4) is 0 Å². The lowest BCUT2D eigenvalue weighted by atomic mass is 9.68. The van der Waals surface area contributed by atoms with Gasteiger partial charge in [-0.25, -0.2) is 8.78 Å². The Hall–Kier alpha value is -1.65. The number of benzene rings is 1. The average Bonchev–Trinajstić information content (AvgIpc) is 2.86. The van der Waals surface area contributed by atoms with Gasteiger partial charge in [0.1, 0.15) is 11.5 Å². The van der Waals surface area contributed by atoms with Crippen LogP contribution in [0.5, 0.6) is 11.5 Å². The lowest BCUT2D eigenvalue weighted by Crippen LogP contribution is -2.25. The number of hydrogen-bond acceptors (Lipinski definition) is 2. The molecule has 5 heteroatoms. The maximum Gasteiger partial charge on any atom is 0.228 e. The van der Waals surface area contributed by atoms with E-state index in [9.17, 15) is 13.2 Å². The van der Waals surface area contributed by atoms with E-state index < -0.39 is 13.7 Å². The highest BCUT2D eigenvalue weighted by molar-refractivity contribution is 5.38. The molecule has 1 aromatic carbocycles. The minimum absolute atomic E-state index is 0.182. The van der Waals surface area contributed by atoms with Gasteiger partial charge in [0.25, 0.3) is 0 Å². The zero-order chi connectivity index (χ0) is 24.0. The molecule has 0 N–H and O–H groups in total. The average molecular weight is 481 g/mol. The van der Waals surface area contributed by atoms with Crippen molar-refractivity contribution in [1.29, 1.82) is 0 Å². The lowest BCUT2D eigenvalue weighted by Gasteiger charge is -2.37. The van der Waals surface area contributed by atoms with Crippen molar-refractivity contribution in [2.75, 3.05) is 20.4 Å². The first-order chi connectivity index (χ1) is 16.7. The minimum Gasteiger partial charge on any atom is -0.463 e. The van der Waals surface area contributed by atoms with Crippen LogP contribution in [0.1, 0.15) is 89.0 Å². The van der Waals surface area contributed by atoms with Gasteiger partial charge in [-0.2, -0.15) is 0 Å². The van der Waals surface area contributed by atoms with Crippen molar-refractivity contribution < 1.29 is 22.6 Å². The smallest absolute Gasteiger partial charge is 0.228 e. The minimum atomic E-state index is -0.900. The van der Waals surface area contributed by atoms with Crippen LogP contribution >= 0.6 is 0 Å². The molecular weight excluding hydrogens is 437 g/mol. The topological polar surface area (TPSA) is 18.5 Å². The van der Waals surface area contributed by atoms with Gasteiger partial charge in [0.2, 0.25) is 13.7 Å². The predicted molar refractivity (Wildman–Crippen MR) is 132 cm³/mol. The van der Waals surface area contributed by atoms with Crippen molar-refractivity contribution in [3.05, 3.63) is 35.9 Å². The molecule has 2 aliphatic carbocycles. The molecule has 2 fully saturated rings. The first-order valence-electron chi connectivity index (χ1n) is 13.5. The van der Waals surface area contributed by atoms with E-state index in [2.05, 4.69) is 12.2 Å². The van der Waals surface area contributed by atoms with Crippen LogP contribution in [-0.4, -0.2) is 20.4 Å². The number of aryl methyl sites for hydroxylation is 1. The Morgan fingerprint density at radius 2 is 1.35 bits per heavy atom. The Kier molecular flexibility index (Phi) is 12.2. The van der Waals surface area contributed by atoms with E-state index >= 15 is 0 Å². The van der Waals surface area contributed by atoms with Crippen LogP contribution in [0.15, 0.2) is 30.4 Å². The summed E-state index contributed by atoms with van der Waals surface area (Å²) in [5, 5.41) is 0. The zero-order valence-electron chi connectivity index (χ0n) is 20.7. The highest BCUT2D eigenvalue weighted by Crippen LogP contribution is 2.42. The molecule has 0 atom stereocenters. The lowest BCUT2D eigenvalue weighted by molar-refractivity contribution is 0.152. The first kappa shape index (κ1) is 26.9. The third-order valence-electron chi connectivity index (χ3n) is 8.01. The van der Waals surface area contributed by atoms with E-state index in [1.807, 2.05) is 12.1 Å². The molecule has 0 aliphatic heterocycles. The number of hydrogen-bond donors (Lipinski definition) is 0. The summed E-state index contributed by atoms with van der Waals surface area (Å²) in [6.45, 7) is -1.98. The quantitative estimate of drug-likeness (QED) is 0.195. The second-order valence-corrected chi connectivity index (χ2v) is 10.3. The summed E-state index contributed by atoms with van der Waals surface area (Å²) in [5.74, 6) is 4.04. The van der Waals surface area contributed by atoms with E-state index in [0.717, 1.165) is 61.3 Å². The standard InChI is InChI=1S/C29H43F3O2/c30-17-5-3-1-2-4-6-23-9-13-26(14-10-23)27-15-11-24(12-16-27)7-8-25-18-28(33-21-31)20-29(19-25)34-22-32/h4,6,18-20,23-24,26-27H,1-3,5,7-17,21-22H2/b6-4+. The SMILES string of the molecule is FCCCCC/C=C/C1CCC(C2CCC(CCc3cc(OCF)cc(OCF)c3)CC2)CC1. The van der Waals surface area contributed by atoms with Crippen molar-refractivity contribution in [2.24, 2.45) is 23.7 Å². The molecule has 34 heavy (non-hydrogen) atoms. The van der Waals surface area contributed by atoms with Gasteiger partial charge in [-0.3, -0.25) is 4.39 Å². The number of allylic oxidation sites excluding steroid dienone is 2. The molecule has 0 heterocycles. The summed E-state index contributed by atoms with van der Waals surface area (Å²) in [6, 6.07) is 5.22. The van der Waals surface area contributed by atoms with Crippen molar-refractivity contribution in [1.82, 2.24) is 0 Å². The molecule has 0 spiro atoms. The fourth-order valence-corrected chi connectivity index (χ4v) is 6.02. The second kappa shape index (κ2) is 15.4. The van der Waals surface area contributed by atoms with E-state index in [0.29, 0.717) is 17.9 Å². The van der Waals surface area contributed by atoms with Crippen LogP contribution in [0.4, 0.5) is 13.2 Å². The van der Waals surface area contributed by atoms with Gasteiger partial charge >= 0.3 is 0 Å². The molecule has 2 nitrogen and oxygen atoms in total. The molecule has 3 rings (SSSR count). The van der Waals surface area contributed by atoms with Crippen LogP contribution in [0.25, 0.3) is 0 Å². The van der Waals surface area contributed by atoms with Crippen LogP contribution in [0.2, 0.25) is 0 Å². The molecule has 2 saturated carbocycles. The Balaban J connectivity index is 1.35. The maximum atomic E-state index is 12.6. The summed E-state index contributed by atoms with van der Waals surface area (Å²) in [6.07, 6.45) is 21.3. The maximum absolute atomic E-state index is 12.6. The number of ether oxygens (including phenoxy) is 2. The fourth-order valence-electron chi connectivity index (χ4n) is 6.02. The first-order valence-corrected chi connectivity index (χ1v) is 13.5. The number of alkyl halides is 3. The Morgan fingerprint density at radius 3 is 1.94 bits per heavy atom. The molecule has 2 aliphatic rings. The summed E-state index contributed by atoms with van der Waals surface area (Å²) in [4.78, 5) is 0. The zero-order valence-corrected chi connectivity index (χ0v) is 20.7. The highest BCUT2D eigenvalue weighted by atomic mass is 19.1. The van der Waals surface area contributed by atoms with Gasteiger partial charge in [0, 0.05) is 6.07 Å². The van der Waals surface area contributed by atoms with Gasteiger partial charge in [-0.15, -0.1) is 0 Å². The van der Waals surface area contributed by atoms with E-state index in [1.165, 1.54) is 57.4 Å². The third-order valence-corrected chi connectivity index (χ3v) is 8.01. The molecular formula is C29H43F3O2. The monoisotopic (exact) mass is 480 g/mol. The predicted octanol–water partition coefficient (Wildman–Crippen LogP) is 8.93. The Bertz CT molecular complexity index is 683. The fraction of sp³-hybridized carbons (Fsp3) is 0.724. The van der Waals surface area contributed by atoms with Crippen molar-refractivity contribution in [3.63, 3.8) is 0 Å². The summed E-state index contributed by atoms with van der Waals surface area (Å²) in [5.41, 5.74) is 1.02. The number of halogens is 3. The molecule has 0 amide bonds. The summed E-state index contributed by atoms with van der Waals surface area (Å²) >= 11 is 0. The second-order valence-electron chi connectivity index (χ2n) is 10.3. The van der Waals surface area contributed by atoms with Crippen molar-refractivity contribution >= 4 is 0 Å². The van der Waals surface area contributed by atoms with Crippen molar-refractivity contribution in [3.8, 4) is 11.5 Å². The van der Waals surface area contributed by atoms with E-state index in [1.54, 1.807) is 0 Å². The molecule has 1 aromatic rings. The van der Waals surface area contributed by atoms with E-state index in [4.69, 9.17) is 9.47 Å². The van der Waals surface area contributed by atoms with Gasteiger partial charge in [0.15, 0.2) is 0 Å². The number of rotatable bonds is 14. The third kappa shape index (κ3) is 9.19. The molecule has 0 saturated heterocycles. The van der Waals surface area contributed by atoms with Crippen LogP contribution in [-0.2, 0) is 6.42 Å². The van der Waals surface area contributed by atoms with E-state index in [-0.39, 0.29) is 6.67 Å². The van der Waals surface area contributed by atoms with Crippen LogP contribution < -0.4 is 9.47 Å². The van der Waals surface area contributed by atoms with Crippen LogP contribution in [0, 0.1) is 23.7 Å². The summed E-state index contributed by atoms with van der Waals surface area (Å²) in [7, 11) is 0. The molecule has 0 radical (unpaired) electrons. The Labute approximate surface area is 204 Å². The Morgan fingerprint density at radius 1 is 0.735 bits per heavy atom. The molecule has 0 unspecified atom stereocenters.